The second-order valence-electron chi connectivity index (χ2n) is 5.35. The molecule has 23 heavy (non-hydrogen) atoms. The minimum atomic E-state index is -0.377. The fourth-order valence-corrected chi connectivity index (χ4v) is 4.49. The van der Waals surface area contributed by atoms with Crippen LogP contribution in [0.25, 0.3) is 10.4 Å². The molecular formula is C18H15NO2S2. The second-order valence-corrected chi connectivity index (χ2v) is 7.81. The average molecular weight is 341 g/mol. The number of nitro groups is 1. The Kier molecular flexibility index (Phi) is 4.50. The van der Waals surface area contributed by atoms with Crippen LogP contribution in [-0.4, -0.2) is 4.92 Å². The predicted octanol–water partition coefficient (Wildman–Crippen LogP) is 6.09. The van der Waals surface area contributed by atoms with Gasteiger partial charge < -0.3 is 0 Å². The van der Waals surface area contributed by atoms with E-state index in [4.69, 9.17) is 0 Å². The van der Waals surface area contributed by atoms with Crippen LogP contribution in [-0.2, 0) is 0 Å². The number of hydrogen-bond donors (Lipinski definition) is 0. The number of thiophene rings is 1. The molecule has 0 aliphatic heterocycles. The van der Waals surface area contributed by atoms with Gasteiger partial charge in [-0.2, -0.15) is 0 Å². The summed E-state index contributed by atoms with van der Waals surface area (Å²) in [6.07, 6.45) is 0. The maximum Gasteiger partial charge on any atom is 0.269 e. The molecule has 3 nitrogen and oxygen atoms in total. The van der Waals surface area contributed by atoms with Crippen LogP contribution >= 0.6 is 23.1 Å². The van der Waals surface area contributed by atoms with Gasteiger partial charge in [-0.15, -0.1) is 11.3 Å². The Labute approximate surface area is 143 Å². The van der Waals surface area contributed by atoms with Gasteiger partial charge in [-0.3, -0.25) is 10.1 Å². The molecule has 1 aromatic heterocycles. The molecule has 0 aliphatic carbocycles. The summed E-state index contributed by atoms with van der Waals surface area (Å²) >= 11 is 3.37. The number of nitrogens with zero attached hydrogens (tertiary/aromatic N) is 1. The fraction of sp³-hybridized carbons (Fsp3) is 0.111. The highest BCUT2D eigenvalue weighted by atomic mass is 32.2. The summed E-state index contributed by atoms with van der Waals surface area (Å²) in [6.45, 7) is 4.22. The Morgan fingerprint density at radius 2 is 1.61 bits per heavy atom. The van der Waals surface area contributed by atoms with Gasteiger partial charge in [0.25, 0.3) is 5.69 Å². The summed E-state index contributed by atoms with van der Waals surface area (Å²) in [4.78, 5) is 12.6. The lowest BCUT2D eigenvalue weighted by Crippen LogP contribution is -1.86. The summed E-state index contributed by atoms with van der Waals surface area (Å²) in [6, 6.07) is 17.5. The van der Waals surface area contributed by atoms with Gasteiger partial charge in [0, 0.05) is 21.9 Å². The number of benzene rings is 2. The lowest BCUT2D eigenvalue weighted by Gasteiger charge is -2.02. The topological polar surface area (TPSA) is 43.1 Å². The van der Waals surface area contributed by atoms with Crippen molar-refractivity contribution in [2.24, 2.45) is 0 Å². The summed E-state index contributed by atoms with van der Waals surface area (Å²) in [7, 11) is 0. The van der Waals surface area contributed by atoms with Crippen LogP contribution < -0.4 is 0 Å². The molecule has 5 heteroatoms. The van der Waals surface area contributed by atoms with E-state index < -0.39 is 0 Å². The number of hydrogen-bond acceptors (Lipinski definition) is 4. The first kappa shape index (κ1) is 15.8. The average Bonchev–Trinajstić information content (AvgIpc) is 2.95. The van der Waals surface area contributed by atoms with Crippen molar-refractivity contribution in [3.8, 4) is 10.4 Å². The minimum absolute atomic E-state index is 0.122. The Morgan fingerprint density at radius 3 is 2.22 bits per heavy atom. The minimum Gasteiger partial charge on any atom is -0.258 e. The van der Waals surface area contributed by atoms with E-state index in [1.165, 1.54) is 25.8 Å². The van der Waals surface area contributed by atoms with E-state index in [0.29, 0.717) is 0 Å². The first-order valence-corrected chi connectivity index (χ1v) is 8.75. The molecule has 0 aliphatic rings. The van der Waals surface area contributed by atoms with Gasteiger partial charge in [0.2, 0.25) is 0 Å². The lowest BCUT2D eigenvalue weighted by molar-refractivity contribution is -0.384. The molecule has 2 aromatic carbocycles. The normalized spacial score (nSPS) is 10.7. The van der Waals surface area contributed by atoms with Crippen LogP contribution in [0.4, 0.5) is 5.69 Å². The van der Waals surface area contributed by atoms with Gasteiger partial charge in [-0.05, 0) is 43.7 Å². The van der Waals surface area contributed by atoms with Gasteiger partial charge >= 0.3 is 0 Å². The Morgan fingerprint density at radius 1 is 0.957 bits per heavy atom. The predicted molar refractivity (Wildman–Crippen MR) is 96.4 cm³/mol. The van der Waals surface area contributed by atoms with Crippen LogP contribution in [0, 0.1) is 24.0 Å². The third kappa shape index (κ3) is 3.81. The number of non-ortho nitro benzene ring substituents is 1. The van der Waals surface area contributed by atoms with Gasteiger partial charge in [-0.1, -0.05) is 41.1 Å². The van der Waals surface area contributed by atoms with Crippen LogP contribution in [0.1, 0.15) is 11.1 Å². The molecule has 116 valence electrons. The standard InChI is InChI=1S/C18H15NO2S2/c1-12-9-13(2)11-14(10-12)17-7-8-18(23-17)22-16-5-3-15(4-6-16)19(20)21/h3-11H,1-2H3. The fourth-order valence-electron chi connectivity index (χ4n) is 2.40. The maximum atomic E-state index is 10.7. The van der Waals surface area contributed by atoms with Gasteiger partial charge in [-0.25, -0.2) is 0 Å². The van der Waals surface area contributed by atoms with Gasteiger partial charge in [0.1, 0.15) is 0 Å². The lowest BCUT2D eigenvalue weighted by atomic mass is 10.1. The number of rotatable bonds is 4. The molecule has 1 heterocycles. The Hall–Kier alpha value is -2.11. The quantitative estimate of drug-likeness (QED) is 0.426. The zero-order chi connectivity index (χ0) is 16.4. The first-order valence-electron chi connectivity index (χ1n) is 7.12. The maximum absolute atomic E-state index is 10.7. The van der Waals surface area contributed by atoms with Crippen molar-refractivity contribution >= 4 is 28.8 Å². The molecule has 0 spiro atoms. The third-order valence-electron chi connectivity index (χ3n) is 3.35. The SMILES string of the molecule is Cc1cc(C)cc(-c2ccc(Sc3ccc([N+](=O)[O-])cc3)s2)c1. The highest BCUT2D eigenvalue weighted by molar-refractivity contribution is 8.01. The molecule has 0 atom stereocenters. The van der Waals surface area contributed by atoms with Gasteiger partial charge in [0.15, 0.2) is 0 Å². The van der Waals surface area contributed by atoms with E-state index in [-0.39, 0.29) is 10.6 Å². The van der Waals surface area contributed by atoms with Crippen molar-refractivity contribution in [1.82, 2.24) is 0 Å². The zero-order valence-electron chi connectivity index (χ0n) is 12.8. The number of nitro benzene ring substituents is 1. The molecule has 3 rings (SSSR count). The van der Waals surface area contributed by atoms with Crippen molar-refractivity contribution in [3.05, 3.63) is 75.8 Å². The third-order valence-corrected chi connectivity index (χ3v) is 5.63. The zero-order valence-corrected chi connectivity index (χ0v) is 14.4. The largest absolute Gasteiger partial charge is 0.269 e. The molecule has 0 N–H and O–H groups in total. The van der Waals surface area contributed by atoms with Crippen LogP contribution in [0.3, 0.4) is 0 Å². The summed E-state index contributed by atoms with van der Waals surface area (Å²) in [5.41, 5.74) is 3.88. The van der Waals surface area contributed by atoms with E-state index in [0.717, 1.165) is 4.90 Å². The molecule has 0 saturated carbocycles. The summed E-state index contributed by atoms with van der Waals surface area (Å²) in [5.74, 6) is 0. The van der Waals surface area contributed by atoms with Crippen LogP contribution in [0.5, 0.6) is 0 Å². The highest BCUT2D eigenvalue weighted by Gasteiger charge is 2.08. The van der Waals surface area contributed by atoms with Crippen molar-refractivity contribution in [2.45, 2.75) is 23.0 Å². The molecule has 0 saturated heterocycles. The van der Waals surface area contributed by atoms with Crippen molar-refractivity contribution in [3.63, 3.8) is 0 Å². The monoisotopic (exact) mass is 341 g/mol. The molecule has 0 unspecified atom stereocenters. The second kappa shape index (κ2) is 6.56. The smallest absolute Gasteiger partial charge is 0.258 e. The summed E-state index contributed by atoms with van der Waals surface area (Å²) < 4.78 is 1.17. The van der Waals surface area contributed by atoms with E-state index in [1.807, 2.05) is 0 Å². The molecule has 0 fully saturated rings. The number of aryl methyl sites for hydroxylation is 2. The van der Waals surface area contributed by atoms with Crippen molar-refractivity contribution < 1.29 is 4.92 Å². The van der Waals surface area contributed by atoms with Gasteiger partial charge in [0.05, 0.1) is 9.13 Å². The van der Waals surface area contributed by atoms with Crippen LogP contribution in [0.2, 0.25) is 0 Å². The Balaban J connectivity index is 1.80. The molecular weight excluding hydrogens is 326 g/mol. The molecule has 3 aromatic rings. The Bertz CT molecular complexity index is 833. The van der Waals surface area contributed by atoms with E-state index in [1.54, 1.807) is 47.4 Å². The first-order chi connectivity index (χ1) is 11.0. The van der Waals surface area contributed by atoms with Crippen LogP contribution in [0.15, 0.2) is 63.7 Å². The van der Waals surface area contributed by atoms with E-state index in [9.17, 15) is 10.1 Å². The summed E-state index contributed by atoms with van der Waals surface area (Å²) in [5, 5.41) is 10.7. The highest BCUT2D eigenvalue weighted by Crippen LogP contribution is 2.38. The molecule has 0 radical (unpaired) electrons. The molecule has 0 amide bonds. The van der Waals surface area contributed by atoms with Crippen molar-refractivity contribution in [1.29, 1.82) is 0 Å². The van der Waals surface area contributed by atoms with E-state index in [2.05, 4.69) is 44.2 Å². The van der Waals surface area contributed by atoms with Crippen molar-refractivity contribution in [2.75, 3.05) is 0 Å². The molecule has 0 bridgehead atoms. The van der Waals surface area contributed by atoms with E-state index >= 15 is 0 Å².